The van der Waals surface area contributed by atoms with Gasteiger partial charge in [0.25, 0.3) is 0 Å². The second-order valence-corrected chi connectivity index (χ2v) is 6.93. The molecule has 0 fully saturated rings. The third-order valence-corrected chi connectivity index (χ3v) is 4.96. The van der Waals surface area contributed by atoms with Crippen LogP contribution in [0, 0.1) is 27.7 Å². The van der Waals surface area contributed by atoms with Crippen molar-refractivity contribution in [1.29, 1.82) is 0 Å². The Balaban J connectivity index is 2.22. The van der Waals surface area contributed by atoms with Crippen LogP contribution in [0.5, 0.6) is 0 Å². The molecule has 0 heterocycles. The summed E-state index contributed by atoms with van der Waals surface area (Å²) in [5, 5.41) is 0. The molecule has 2 aromatic carbocycles. The molecular weight excluding hydrogens is 280 g/mol. The molecule has 0 N–H and O–H groups in total. The van der Waals surface area contributed by atoms with Gasteiger partial charge in [0.2, 0.25) is 0 Å². The highest BCUT2D eigenvalue weighted by molar-refractivity contribution is 7.85. The SMILES string of the molecule is Cc1cccc(S(=O)CC(=O)c2cc(C)c(C)cc2C)c1. The van der Waals surface area contributed by atoms with Gasteiger partial charge in [-0.15, -0.1) is 0 Å². The van der Waals surface area contributed by atoms with Gasteiger partial charge in [-0.1, -0.05) is 18.2 Å². The maximum atomic E-state index is 12.4. The average Bonchev–Trinajstić information content (AvgIpc) is 2.42. The number of aryl methyl sites for hydroxylation is 4. The number of carbonyl (C=O) groups excluding carboxylic acids is 1. The van der Waals surface area contributed by atoms with E-state index in [9.17, 15) is 9.00 Å². The summed E-state index contributed by atoms with van der Waals surface area (Å²) >= 11 is 0. The Labute approximate surface area is 128 Å². The van der Waals surface area contributed by atoms with E-state index in [4.69, 9.17) is 0 Å². The standard InChI is InChI=1S/C18H20O2S/c1-12-6-5-7-16(8-12)21(20)11-18(19)17-10-14(3)13(2)9-15(17)4/h5-10H,11H2,1-4H3. The Morgan fingerprint density at radius 3 is 2.29 bits per heavy atom. The van der Waals surface area contributed by atoms with Crippen molar-refractivity contribution in [2.24, 2.45) is 0 Å². The summed E-state index contributed by atoms with van der Waals surface area (Å²) in [4.78, 5) is 13.1. The topological polar surface area (TPSA) is 34.1 Å². The zero-order chi connectivity index (χ0) is 15.6. The summed E-state index contributed by atoms with van der Waals surface area (Å²) in [5.41, 5.74) is 4.94. The molecule has 3 heteroatoms. The first kappa shape index (κ1) is 15.6. The van der Waals surface area contributed by atoms with E-state index in [1.54, 1.807) is 0 Å². The van der Waals surface area contributed by atoms with Gasteiger partial charge >= 0.3 is 0 Å². The monoisotopic (exact) mass is 300 g/mol. The number of carbonyl (C=O) groups is 1. The molecule has 2 aromatic rings. The van der Waals surface area contributed by atoms with Crippen molar-refractivity contribution < 1.29 is 9.00 Å². The van der Waals surface area contributed by atoms with E-state index in [1.165, 1.54) is 5.56 Å². The number of hydrogen-bond acceptors (Lipinski definition) is 2. The maximum absolute atomic E-state index is 12.4. The van der Waals surface area contributed by atoms with Gasteiger partial charge in [-0.2, -0.15) is 0 Å². The van der Waals surface area contributed by atoms with Crippen LogP contribution in [0.15, 0.2) is 41.3 Å². The van der Waals surface area contributed by atoms with E-state index in [1.807, 2.05) is 64.1 Å². The molecule has 21 heavy (non-hydrogen) atoms. The summed E-state index contributed by atoms with van der Waals surface area (Å²) < 4.78 is 12.3. The van der Waals surface area contributed by atoms with Crippen molar-refractivity contribution >= 4 is 16.6 Å². The fraction of sp³-hybridized carbons (Fsp3) is 0.278. The lowest BCUT2D eigenvalue weighted by molar-refractivity contribution is 0.102. The van der Waals surface area contributed by atoms with Crippen LogP contribution >= 0.6 is 0 Å². The normalized spacial score (nSPS) is 12.2. The van der Waals surface area contributed by atoms with Gasteiger partial charge in [0.1, 0.15) is 0 Å². The van der Waals surface area contributed by atoms with Crippen molar-refractivity contribution in [1.82, 2.24) is 0 Å². The summed E-state index contributed by atoms with van der Waals surface area (Å²) in [7, 11) is -1.29. The van der Waals surface area contributed by atoms with Crippen LogP contribution < -0.4 is 0 Å². The quantitative estimate of drug-likeness (QED) is 0.802. The first-order valence-electron chi connectivity index (χ1n) is 6.94. The Hall–Kier alpha value is -1.74. The third-order valence-electron chi connectivity index (χ3n) is 3.66. The van der Waals surface area contributed by atoms with E-state index in [2.05, 4.69) is 0 Å². The highest BCUT2D eigenvalue weighted by atomic mass is 32.2. The fourth-order valence-corrected chi connectivity index (χ4v) is 3.41. The van der Waals surface area contributed by atoms with Gasteiger partial charge in [-0.25, -0.2) is 0 Å². The minimum atomic E-state index is -1.29. The molecule has 0 aliphatic rings. The van der Waals surface area contributed by atoms with Crippen LogP contribution in [0.4, 0.5) is 0 Å². The zero-order valence-corrected chi connectivity index (χ0v) is 13.7. The summed E-state index contributed by atoms with van der Waals surface area (Å²) in [6, 6.07) is 11.4. The summed E-state index contributed by atoms with van der Waals surface area (Å²) in [6.45, 7) is 7.90. The van der Waals surface area contributed by atoms with Gasteiger partial charge in [-0.3, -0.25) is 9.00 Å². The van der Waals surface area contributed by atoms with E-state index in [-0.39, 0.29) is 11.5 Å². The minimum absolute atomic E-state index is 0.0345. The summed E-state index contributed by atoms with van der Waals surface area (Å²) in [6.07, 6.45) is 0. The van der Waals surface area contributed by atoms with Crippen molar-refractivity contribution in [3.05, 3.63) is 64.2 Å². The molecule has 0 spiro atoms. The molecule has 0 bridgehead atoms. The molecule has 2 nitrogen and oxygen atoms in total. The Bertz CT molecular complexity index is 717. The number of ketones is 1. The Morgan fingerprint density at radius 2 is 1.62 bits per heavy atom. The van der Waals surface area contributed by atoms with Gasteiger partial charge in [0.15, 0.2) is 5.78 Å². The zero-order valence-electron chi connectivity index (χ0n) is 12.9. The van der Waals surface area contributed by atoms with Crippen LogP contribution in [0.3, 0.4) is 0 Å². The second-order valence-electron chi connectivity index (χ2n) is 5.48. The lowest BCUT2D eigenvalue weighted by atomic mass is 9.99. The van der Waals surface area contributed by atoms with Gasteiger partial charge in [-0.05, 0) is 68.1 Å². The molecule has 1 unspecified atom stereocenters. The number of hydrogen-bond donors (Lipinski definition) is 0. The van der Waals surface area contributed by atoms with Gasteiger partial charge in [0.05, 0.1) is 16.6 Å². The second kappa shape index (κ2) is 6.35. The van der Waals surface area contributed by atoms with E-state index in [0.29, 0.717) is 10.5 Å². The molecule has 2 rings (SSSR count). The van der Waals surface area contributed by atoms with Crippen molar-refractivity contribution in [3.8, 4) is 0 Å². The highest BCUT2D eigenvalue weighted by Crippen LogP contribution is 2.17. The molecule has 110 valence electrons. The lowest BCUT2D eigenvalue weighted by Gasteiger charge is -2.09. The Morgan fingerprint density at radius 1 is 0.952 bits per heavy atom. The smallest absolute Gasteiger partial charge is 0.175 e. The number of benzene rings is 2. The van der Waals surface area contributed by atoms with E-state index < -0.39 is 10.8 Å². The highest BCUT2D eigenvalue weighted by Gasteiger charge is 2.15. The number of Topliss-reactive ketones (excluding diaryl/α,β-unsaturated/α-hetero) is 1. The molecule has 0 aliphatic carbocycles. The van der Waals surface area contributed by atoms with Crippen molar-refractivity contribution in [2.75, 3.05) is 5.75 Å². The molecular formula is C18H20O2S. The maximum Gasteiger partial charge on any atom is 0.175 e. The Kier molecular flexibility index (Phi) is 4.73. The molecule has 0 saturated heterocycles. The van der Waals surface area contributed by atoms with Gasteiger partial charge < -0.3 is 0 Å². The molecule has 0 radical (unpaired) electrons. The average molecular weight is 300 g/mol. The van der Waals surface area contributed by atoms with Crippen molar-refractivity contribution in [3.63, 3.8) is 0 Å². The van der Waals surface area contributed by atoms with Gasteiger partial charge in [0, 0.05) is 10.5 Å². The van der Waals surface area contributed by atoms with Crippen LogP contribution in [0.1, 0.15) is 32.6 Å². The first-order valence-corrected chi connectivity index (χ1v) is 8.26. The predicted molar refractivity (Wildman–Crippen MR) is 87.4 cm³/mol. The molecule has 0 saturated carbocycles. The lowest BCUT2D eigenvalue weighted by Crippen LogP contribution is -2.13. The minimum Gasteiger partial charge on any atom is -0.293 e. The summed E-state index contributed by atoms with van der Waals surface area (Å²) in [5.74, 6) is -0.0253. The largest absolute Gasteiger partial charge is 0.293 e. The number of rotatable bonds is 4. The van der Waals surface area contributed by atoms with Crippen LogP contribution in [0.2, 0.25) is 0 Å². The van der Waals surface area contributed by atoms with Crippen LogP contribution in [-0.2, 0) is 10.8 Å². The van der Waals surface area contributed by atoms with E-state index >= 15 is 0 Å². The predicted octanol–water partition coefficient (Wildman–Crippen LogP) is 3.91. The van der Waals surface area contributed by atoms with E-state index in [0.717, 1.165) is 16.7 Å². The molecule has 1 atom stereocenters. The van der Waals surface area contributed by atoms with Crippen molar-refractivity contribution in [2.45, 2.75) is 32.6 Å². The third kappa shape index (κ3) is 3.67. The van der Waals surface area contributed by atoms with Crippen LogP contribution in [0.25, 0.3) is 0 Å². The molecule has 0 aliphatic heterocycles. The fourth-order valence-electron chi connectivity index (χ4n) is 2.30. The van der Waals surface area contributed by atoms with Crippen LogP contribution in [-0.4, -0.2) is 15.7 Å². The molecule has 0 amide bonds. The first-order chi connectivity index (χ1) is 9.88. The molecule has 0 aromatic heterocycles.